The fraction of sp³-hybridized carbons (Fsp3) is 0.917. The Hall–Kier alpha value is 0.489. The van der Waals surface area contributed by atoms with Crippen molar-refractivity contribution in [1.82, 2.24) is 0 Å². The van der Waals surface area contributed by atoms with Gasteiger partial charge in [0, 0.05) is 0 Å². The SMILES string of the molecule is CC1(C)OB(C2CCCC2)OC1(C)C.CC1(C)OB(C2CCCC2)OC1(C)C.[CH3-].[CH3-].[Fe+2]. The number of hydrogen-bond donors (Lipinski definition) is 0. The summed E-state index contributed by atoms with van der Waals surface area (Å²) in [5.41, 5.74) is -0.610. The summed E-state index contributed by atoms with van der Waals surface area (Å²) >= 11 is 0. The Labute approximate surface area is 205 Å². The van der Waals surface area contributed by atoms with E-state index in [4.69, 9.17) is 18.6 Å². The van der Waals surface area contributed by atoms with Crippen LogP contribution in [-0.2, 0) is 35.7 Å². The molecular formula is C24H48B2FeO4. The van der Waals surface area contributed by atoms with Crippen molar-refractivity contribution in [2.24, 2.45) is 0 Å². The van der Waals surface area contributed by atoms with Crippen molar-refractivity contribution in [3.8, 4) is 0 Å². The van der Waals surface area contributed by atoms with E-state index in [0.717, 1.165) is 0 Å². The molecule has 0 radical (unpaired) electrons. The zero-order valence-corrected chi connectivity index (χ0v) is 23.1. The molecule has 2 aliphatic carbocycles. The average Bonchev–Trinajstić information content (AvgIpc) is 3.31. The van der Waals surface area contributed by atoms with E-state index in [0.29, 0.717) is 11.6 Å². The van der Waals surface area contributed by atoms with Gasteiger partial charge in [0.2, 0.25) is 0 Å². The van der Waals surface area contributed by atoms with Crippen LogP contribution in [0.5, 0.6) is 0 Å². The Morgan fingerprint density at radius 2 is 0.677 bits per heavy atom. The molecule has 2 saturated carbocycles. The minimum atomic E-state index is -0.153. The second-order valence-electron chi connectivity index (χ2n) is 11.3. The topological polar surface area (TPSA) is 36.9 Å². The summed E-state index contributed by atoms with van der Waals surface area (Å²) in [6, 6.07) is 0. The van der Waals surface area contributed by atoms with Gasteiger partial charge in [0.05, 0.1) is 22.4 Å². The molecule has 182 valence electrons. The van der Waals surface area contributed by atoms with Crippen LogP contribution in [0.25, 0.3) is 0 Å². The third-order valence-electron chi connectivity index (χ3n) is 8.11. The van der Waals surface area contributed by atoms with Crippen LogP contribution in [0, 0.1) is 14.9 Å². The van der Waals surface area contributed by atoms with Crippen LogP contribution in [-0.4, -0.2) is 36.6 Å². The molecule has 31 heavy (non-hydrogen) atoms. The van der Waals surface area contributed by atoms with Gasteiger partial charge in [-0.3, -0.25) is 0 Å². The van der Waals surface area contributed by atoms with Crippen LogP contribution in [0.2, 0.25) is 11.6 Å². The first-order valence-corrected chi connectivity index (χ1v) is 11.6. The maximum Gasteiger partial charge on any atom is 2.00 e. The van der Waals surface area contributed by atoms with Gasteiger partial charge >= 0.3 is 31.3 Å². The molecule has 0 atom stereocenters. The van der Waals surface area contributed by atoms with Gasteiger partial charge in [0.15, 0.2) is 0 Å². The fourth-order valence-electron chi connectivity index (χ4n) is 4.62. The Bertz CT molecular complexity index is 462. The molecule has 7 heteroatoms. The van der Waals surface area contributed by atoms with Crippen molar-refractivity contribution in [1.29, 1.82) is 0 Å². The van der Waals surface area contributed by atoms with Crippen molar-refractivity contribution in [3.63, 3.8) is 0 Å². The van der Waals surface area contributed by atoms with Crippen LogP contribution in [0.3, 0.4) is 0 Å². The van der Waals surface area contributed by atoms with Crippen molar-refractivity contribution in [2.75, 3.05) is 0 Å². The number of hydrogen-bond acceptors (Lipinski definition) is 4. The van der Waals surface area contributed by atoms with Crippen LogP contribution in [0.4, 0.5) is 0 Å². The molecular weight excluding hydrogens is 430 g/mol. The van der Waals surface area contributed by atoms with Gasteiger partial charge < -0.3 is 33.5 Å². The predicted molar refractivity (Wildman–Crippen MR) is 129 cm³/mol. The first-order valence-electron chi connectivity index (χ1n) is 11.6. The first kappa shape index (κ1) is 31.5. The summed E-state index contributed by atoms with van der Waals surface area (Å²) in [4.78, 5) is 0. The molecule has 0 bridgehead atoms. The minimum absolute atomic E-state index is 0. The summed E-state index contributed by atoms with van der Waals surface area (Å²) in [5, 5.41) is 0. The van der Waals surface area contributed by atoms with E-state index >= 15 is 0 Å². The van der Waals surface area contributed by atoms with Gasteiger partial charge in [-0.2, -0.15) is 0 Å². The Morgan fingerprint density at radius 3 is 0.871 bits per heavy atom. The normalized spacial score (nSPS) is 28.3. The van der Waals surface area contributed by atoms with Gasteiger partial charge in [-0.25, -0.2) is 0 Å². The average molecular weight is 478 g/mol. The predicted octanol–water partition coefficient (Wildman–Crippen LogP) is 6.94. The summed E-state index contributed by atoms with van der Waals surface area (Å²) in [6.07, 6.45) is 10.5. The van der Waals surface area contributed by atoms with E-state index < -0.39 is 0 Å². The smallest absolute Gasteiger partial charge is 0.403 e. The van der Waals surface area contributed by atoms with Crippen LogP contribution in [0.15, 0.2) is 0 Å². The van der Waals surface area contributed by atoms with E-state index in [2.05, 4.69) is 55.4 Å². The zero-order chi connectivity index (χ0) is 20.8. The molecule has 4 rings (SSSR count). The zero-order valence-electron chi connectivity index (χ0n) is 22.0. The second-order valence-corrected chi connectivity index (χ2v) is 11.3. The summed E-state index contributed by atoms with van der Waals surface area (Å²) in [7, 11) is 0.0880. The van der Waals surface area contributed by atoms with Crippen molar-refractivity contribution >= 4 is 14.2 Å². The van der Waals surface area contributed by atoms with Crippen molar-refractivity contribution in [2.45, 2.75) is 141 Å². The van der Waals surface area contributed by atoms with Crippen LogP contribution >= 0.6 is 0 Å². The quantitative estimate of drug-likeness (QED) is 0.318. The molecule has 0 spiro atoms. The molecule has 0 aromatic carbocycles. The Balaban J connectivity index is 0.000000529. The minimum Gasteiger partial charge on any atom is -0.403 e. The molecule has 0 aromatic heterocycles. The molecule has 2 heterocycles. The van der Waals surface area contributed by atoms with Gasteiger partial charge in [-0.15, -0.1) is 0 Å². The Kier molecular flexibility index (Phi) is 11.5. The van der Waals surface area contributed by atoms with Gasteiger partial charge in [0.25, 0.3) is 0 Å². The maximum absolute atomic E-state index is 6.03. The maximum atomic E-state index is 6.03. The summed E-state index contributed by atoms with van der Waals surface area (Å²) < 4.78 is 24.1. The molecule has 2 aliphatic heterocycles. The van der Waals surface area contributed by atoms with E-state index in [1.165, 1.54) is 51.4 Å². The monoisotopic (exact) mass is 478 g/mol. The van der Waals surface area contributed by atoms with Gasteiger partial charge in [-0.1, -0.05) is 51.4 Å². The molecule has 0 N–H and O–H groups in total. The van der Waals surface area contributed by atoms with Crippen LogP contribution < -0.4 is 0 Å². The van der Waals surface area contributed by atoms with E-state index in [1.54, 1.807) is 0 Å². The third-order valence-corrected chi connectivity index (χ3v) is 8.11. The number of rotatable bonds is 2. The molecule has 0 aromatic rings. The van der Waals surface area contributed by atoms with Crippen molar-refractivity contribution in [3.05, 3.63) is 14.9 Å². The molecule has 0 amide bonds. The molecule has 4 aliphatic rings. The van der Waals surface area contributed by atoms with Gasteiger partial charge in [-0.05, 0) is 67.0 Å². The summed E-state index contributed by atoms with van der Waals surface area (Å²) in [5.74, 6) is 1.27. The van der Waals surface area contributed by atoms with Crippen molar-refractivity contribution < 1.29 is 35.7 Å². The van der Waals surface area contributed by atoms with E-state index in [-0.39, 0.29) is 68.6 Å². The van der Waals surface area contributed by atoms with Crippen LogP contribution in [0.1, 0.15) is 107 Å². The largest absolute Gasteiger partial charge is 2.00 e. The molecule has 4 nitrogen and oxygen atoms in total. The molecule has 2 saturated heterocycles. The standard InChI is InChI=1S/2C11H21BO2.2CH3.Fe/c2*1-10(2)11(3,4)14-12(13-10)9-7-5-6-8-9;;;/h2*9H,5-8H2,1-4H3;2*1H3;/q;;2*-1;+2. The Morgan fingerprint density at radius 1 is 0.484 bits per heavy atom. The molecule has 4 fully saturated rings. The second kappa shape index (κ2) is 11.3. The molecule has 0 unspecified atom stereocenters. The van der Waals surface area contributed by atoms with E-state index in [1.807, 2.05) is 0 Å². The first-order chi connectivity index (χ1) is 12.8. The van der Waals surface area contributed by atoms with Gasteiger partial charge in [0.1, 0.15) is 0 Å². The summed E-state index contributed by atoms with van der Waals surface area (Å²) in [6.45, 7) is 17.0. The third kappa shape index (κ3) is 6.76. The van der Waals surface area contributed by atoms with E-state index in [9.17, 15) is 0 Å². The fourth-order valence-corrected chi connectivity index (χ4v) is 4.62.